The second kappa shape index (κ2) is 12.2. The summed E-state index contributed by atoms with van der Waals surface area (Å²) in [5.41, 5.74) is 4.00. The van der Waals surface area contributed by atoms with Gasteiger partial charge in [0.05, 0.1) is 0 Å². The summed E-state index contributed by atoms with van der Waals surface area (Å²) in [7, 11) is 1.67. The topological polar surface area (TPSA) is 77.2 Å². The third-order valence-corrected chi connectivity index (χ3v) is 8.60. The number of piperidine rings is 1. The molecule has 38 heavy (non-hydrogen) atoms. The molecule has 7 heteroatoms. The van der Waals surface area contributed by atoms with Crippen LogP contribution >= 0.6 is 11.6 Å². The van der Waals surface area contributed by atoms with Crippen LogP contribution in [0, 0.1) is 5.92 Å². The van der Waals surface area contributed by atoms with E-state index in [1.807, 2.05) is 42.5 Å². The minimum atomic E-state index is -0.0461. The fourth-order valence-corrected chi connectivity index (χ4v) is 6.27. The molecule has 2 amide bonds. The quantitative estimate of drug-likeness (QED) is 0.339. The van der Waals surface area contributed by atoms with Gasteiger partial charge < -0.3 is 20.5 Å². The molecule has 1 saturated heterocycles. The number of hydrogen-bond acceptors (Lipinski definition) is 3. The molecule has 0 spiro atoms. The third-order valence-electron chi connectivity index (χ3n) is 8.26. The Morgan fingerprint density at radius 2 is 1.82 bits per heavy atom. The smallest absolute Gasteiger partial charge is 0.251 e. The molecule has 200 valence electrons. The molecule has 1 aliphatic heterocycles. The van der Waals surface area contributed by atoms with Crippen molar-refractivity contribution in [3.8, 4) is 0 Å². The molecule has 2 aromatic carbocycles. The van der Waals surface area contributed by atoms with Crippen LogP contribution in [-0.4, -0.2) is 54.4 Å². The monoisotopic (exact) mass is 532 g/mol. The molecule has 1 aliphatic carbocycles. The van der Waals surface area contributed by atoms with Crippen LogP contribution in [-0.2, 0) is 4.79 Å². The number of carbonyl (C=O) groups is 2. The van der Waals surface area contributed by atoms with Crippen LogP contribution in [0.1, 0.15) is 65.9 Å². The van der Waals surface area contributed by atoms with E-state index in [2.05, 4.69) is 26.7 Å². The summed E-state index contributed by atoms with van der Waals surface area (Å²) in [6.45, 7) is 3.36. The van der Waals surface area contributed by atoms with Crippen molar-refractivity contribution in [2.75, 3.05) is 26.7 Å². The summed E-state index contributed by atoms with van der Waals surface area (Å²) in [6, 6.07) is 13.7. The van der Waals surface area contributed by atoms with E-state index in [9.17, 15) is 9.59 Å². The maximum atomic E-state index is 12.4. The number of benzene rings is 2. The highest BCUT2D eigenvalue weighted by Crippen LogP contribution is 2.35. The molecule has 0 bridgehead atoms. The number of H-pyrrole nitrogens is 1. The summed E-state index contributed by atoms with van der Waals surface area (Å²) >= 11 is 6.17. The van der Waals surface area contributed by atoms with E-state index in [0.717, 1.165) is 69.2 Å². The van der Waals surface area contributed by atoms with E-state index in [4.69, 9.17) is 11.6 Å². The molecule has 0 radical (unpaired) electrons. The Kier molecular flexibility index (Phi) is 8.50. The number of carbonyl (C=O) groups excluding carboxylic acids is 2. The summed E-state index contributed by atoms with van der Waals surface area (Å²) in [5.74, 6) is 1.12. The molecule has 1 saturated carbocycles. The molecule has 6 nitrogen and oxygen atoms in total. The maximum absolute atomic E-state index is 12.4. The number of hydrogen-bond donors (Lipinski definition) is 3. The lowest BCUT2D eigenvalue weighted by molar-refractivity contribution is -0.117. The average molecular weight is 533 g/mol. The SMILES string of the molecule is CNC(=O)c1ccc2[nH]cc(C3CCN(CC4CCC(NC(=O)/C=C/c5ccccc5Cl)CC4)CC3)c2c1. The molecular formula is C31H37ClN4O2. The number of halogens is 1. The number of aromatic amines is 1. The Hall–Kier alpha value is -3.09. The van der Waals surface area contributed by atoms with Crippen molar-refractivity contribution in [1.82, 2.24) is 20.5 Å². The lowest BCUT2D eigenvalue weighted by Gasteiger charge is -2.36. The van der Waals surface area contributed by atoms with Crippen LogP contribution in [0.3, 0.4) is 0 Å². The van der Waals surface area contributed by atoms with Gasteiger partial charge in [0.2, 0.25) is 5.91 Å². The van der Waals surface area contributed by atoms with Gasteiger partial charge in [0.1, 0.15) is 0 Å². The zero-order valence-electron chi connectivity index (χ0n) is 22.0. The first-order valence-corrected chi connectivity index (χ1v) is 14.2. The zero-order chi connectivity index (χ0) is 26.5. The largest absolute Gasteiger partial charge is 0.361 e. The first-order valence-electron chi connectivity index (χ1n) is 13.8. The van der Waals surface area contributed by atoms with E-state index in [1.54, 1.807) is 19.2 Å². The minimum Gasteiger partial charge on any atom is -0.361 e. The molecule has 0 unspecified atom stereocenters. The van der Waals surface area contributed by atoms with Crippen molar-refractivity contribution in [3.63, 3.8) is 0 Å². The van der Waals surface area contributed by atoms with Gasteiger partial charge in [-0.1, -0.05) is 29.8 Å². The fourth-order valence-electron chi connectivity index (χ4n) is 6.07. The Morgan fingerprint density at radius 3 is 2.55 bits per heavy atom. The highest BCUT2D eigenvalue weighted by molar-refractivity contribution is 6.32. The number of rotatable bonds is 7. The number of likely N-dealkylation sites (tertiary alicyclic amines) is 1. The van der Waals surface area contributed by atoms with E-state index < -0.39 is 0 Å². The Morgan fingerprint density at radius 1 is 1.05 bits per heavy atom. The van der Waals surface area contributed by atoms with Crippen LogP contribution in [0.25, 0.3) is 17.0 Å². The van der Waals surface area contributed by atoms with Gasteiger partial charge in [0.25, 0.3) is 5.91 Å². The van der Waals surface area contributed by atoms with Gasteiger partial charge in [0, 0.05) is 53.4 Å². The number of nitrogens with one attached hydrogen (secondary N) is 3. The second-order valence-corrected chi connectivity index (χ2v) is 11.1. The number of aromatic nitrogens is 1. The van der Waals surface area contributed by atoms with Gasteiger partial charge >= 0.3 is 0 Å². The van der Waals surface area contributed by atoms with Crippen LogP contribution in [0.2, 0.25) is 5.02 Å². The molecular weight excluding hydrogens is 496 g/mol. The lowest BCUT2D eigenvalue weighted by atomic mass is 9.84. The van der Waals surface area contributed by atoms with E-state index in [-0.39, 0.29) is 17.9 Å². The second-order valence-electron chi connectivity index (χ2n) is 10.7. The van der Waals surface area contributed by atoms with Crippen LogP contribution < -0.4 is 10.6 Å². The predicted octanol–water partition coefficient (Wildman–Crippen LogP) is 5.75. The van der Waals surface area contributed by atoms with Gasteiger partial charge in [-0.3, -0.25) is 9.59 Å². The average Bonchev–Trinajstić information content (AvgIpc) is 3.37. The fraction of sp³-hybridized carbons (Fsp3) is 0.419. The summed E-state index contributed by atoms with van der Waals surface area (Å²) < 4.78 is 0. The molecule has 2 aliphatic rings. The molecule has 0 atom stereocenters. The van der Waals surface area contributed by atoms with Crippen LogP contribution in [0.4, 0.5) is 0 Å². The Balaban J connectivity index is 1.07. The molecule has 2 heterocycles. The zero-order valence-corrected chi connectivity index (χ0v) is 22.8. The van der Waals surface area contributed by atoms with Crippen molar-refractivity contribution in [2.45, 2.75) is 50.5 Å². The highest BCUT2D eigenvalue weighted by atomic mass is 35.5. The summed E-state index contributed by atoms with van der Waals surface area (Å²) in [4.78, 5) is 30.5. The first kappa shape index (κ1) is 26.5. The summed E-state index contributed by atoms with van der Waals surface area (Å²) in [5, 5.41) is 7.72. The lowest BCUT2D eigenvalue weighted by Crippen LogP contribution is -2.41. The van der Waals surface area contributed by atoms with Gasteiger partial charge in [-0.2, -0.15) is 0 Å². The minimum absolute atomic E-state index is 0.0447. The van der Waals surface area contributed by atoms with Crippen LogP contribution in [0.5, 0.6) is 0 Å². The normalized spacial score (nSPS) is 21.1. The highest BCUT2D eigenvalue weighted by Gasteiger charge is 2.27. The van der Waals surface area contributed by atoms with Gasteiger partial charge in [-0.15, -0.1) is 0 Å². The maximum Gasteiger partial charge on any atom is 0.251 e. The van der Waals surface area contributed by atoms with Crippen molar-refractivity contribution in [1.29, 1.82) is 0 Å². The number of amides is 2. The molecule has 3 aromatic rings. The van der Waals surface area contributed by atoms with Gasteiger partial charge in [-0.05, 0) is 105 Å². The van der Waals surface area contributed by atoms with Crippen molar-refractivity contribution in [3.05, 3.63) is 76.5 Å². The summed E-state index contributed by atoms with van der Waals surface area (Å²) in [6.07, 6.45) is 12.2. The van der Waals surface area contributed by atoms with Crippen molar-refractivity contribution < 1.29 is 9.59 Å². The molecule has 5 rings (SSSR count). The van der Waals surface area contributed by atoms with Crippen LogP contribution in [0.15, 0.2) is 54.7 Å². The van der Waals surface area contributed by atoms with Gasteiger partial charge in [0.15, 0.2) is 0 Å². The molecule has 3 N–H and O–H groups in total. The Labute approximate surface area is 229 Å². The van der Waals surface area contributed by atoms with Crippen molar-refractivity contribution in [2.24, 2.45) is 5.92 Å². The van der Waals surface area contributed by atoms with E-state index >= 15 is 0 Å². The van der Waals surface area contributed by atoms with E-state index in [0.29, 0.717) is 22.4 Å². The first-order chi connectivity index (χ1) is 18.5. The molecule has 1 aromatic heterocycles. The number of fused-ring (bicyclic) bond motifs is 1. The van der Waals surface area contributed by atoms with Gasteiger partial charge in [-0.25, -0.2) is 0 Å². The molecule has 2 fully saturated rings. The Bertz CT molecular complexity index is 1300. The van der Waals surface area contributed by atoms with E-state index in [1.165, 1.54) is 10.9 Å². The number of nitrogens with zero attached hydrogens (tertiary/aromatic N) is 1. The predicted molar refractivity (Wildman–Crippen MR) is 154 cm³/mol. The van der Waals surface area contributed by atoms with Crippen molar-refractivity contribution >= 4 is 40.4 Å². The standard InChI is InChI=1S/C31H37ClN4O2/c1-33-31(38)24-8-12-29-26(18-24)27(19-34-29)22-14-16-36(17-15-22)20-21-6-10-25(11-7-21)35-30(37)13-9-23-4-2-3-5-28(23)32/h2-5,8-9,12-13,18-19,21-22,25,34H,6-7,10-11,14-17,20H2,1H3,(H,33,38)(H,35,37)/b13-9+. The third kappa shape index (κ3) is 6.30.